The molecule has 0 atom stereocenters. The molecule has 7 nitrogen and oxygen atoms in total. The van der Waals surface area contributed by atoms with E-state index < -0.39 is 11.2 Å². The van der Waals surface area contributed by atoms with E-state index in [1.165, 1.54) is 14.1 Å². The topological polar surface area (TPSA) is 80.4 Å². The van der Waals surface area contributed by atoms with Crippen LogP contribution in [0.5, 0.6) is 0 Å². The van der Waals surface area contributed by atoms with E-state index in [-0.39, 0.29) is 19.0 Å². The second kappa shape index (κ2) is 5.44. The summed E-state index contributed by atoms with van der Waals surface area (Å²) in [5.74, 6) is 0.128. The van der Waals surface area contributed by atoms with Crippen LogP contribution >= 0.6 is 0 Å². The molecule has 0 aliphatic heterocycles. The molecule has 0 saturated carbocycles. The first-order chi connectivity index (χ1) is 8.02. The quantitative estimate of drug-likeness (QED) is 0.631. The third kappa shape index (κ3) is 2.62. The second-order valence-electron chi connectivity index (χ2n) is 3.55. The second-order valence-corrected chi connectivity index (χ2v) is 3.55. The third-order valence-electron chi connectivity index (χ3n) is 2.32. The highest BCUT2D eigenvalue weighted by molar-refractivity contribution is 5.35. The molecule has 0 aliphatic rings. The van der Waals surface area contributed by atoms with Gasteiger partial charge in [-0.1, -0.05) is 6.08 Å². The average molecular weight is 240 g/mol. The van der Waals surface area contributed by atoms with Crippen molar-refractivity contribution in [2.45, 2.75) is 0 Å². The number of nitrogens with zero attached hydrogens (tertiary/aromatic N) is 4. The molecule has 1 aromatic rings. The van der Waals surface area contributed by atoms with Crippen molar-refractivity contribution >= 4 is 5.82 Å². The predicted octanol–water partition coefficient (Wildman–Crippen LogP) is -1.54. The number of aliphatic hydroxyl groups excluding tert-OH is 1. The van der Waals surface area contributed by atoms with Crippen molar-refractivity contribution in [3.05, 3.63) is 33.5 Å². The Kier molecular flexibility index (Phi) is 4.22. The summed E-state index contributed by atoms with van der Waals surface area (Å²) in [5, 5.41) is 12.8. The van der Waals surface area contributed by atoms with E-state index in [1.54, 1.807) is 11.0 Å². The van der Waals surface area contributed by atoms with E-state index in [1.807, 2.05) is 0 Å². The maximum Gasteiger partial charge on any atom is 0.346 e. The van der Waals surface area contributed by atoms with Gasteiger partial charge >= 0.3 is 5.69 Å². The van der Waals surface area contributed by atoms with Gasteiger partial charge < -0.3 is 10.0 Å². The molecule has 0 fully saturated rings. The molecule has 0 unspecified atom stereocenters. The Morgan fingerprint density at radius 3 is 2.65 bits per heavy atom. The van der Waals surface area contributed by atoms with Gasteiger partial charge in [0.25, 0.3) is 5.56 Å². The van der Waals surface area contributed by atoms with Crippen LogP contribution in [0.3, 0.4) is 0 Å². The van der Waals surface area contributed by atoms with Gasteiger partial charge in [0.1, 0.15) is 0 Å². The lowest BCUT2D eigenvalue weighted by Crippen LogP contribution is -2.43. The van der Waals surface area contributed by atoms with Crippen molar-refractivity contribution in [3.63, 3.8) is 0 Å². The molecule has 0 saturated heterocycles. The number of hydrogen-bond donors (Lipinski definition) is 1. The minimum absolute atomic E-state index is 0.110. The largest absolute Gasteiger partial charge is 0.395 e. The van der Waals surface area contributed by atoms with Crippen molar-refractivity contribution in [2.24, 2.45) is 14.1 Å². The summed E-state index contributed by atoms with van der Waals surface area (Å²) in [4.78, 5) is 24.9. The van der Waals surface area contributed by atoms with E-state index >= 15 is 0 Å². The number of hydrogen-bond acceptors (Lipinski definition) is 5. The van der Waals surface area contributed by atoms with E-state index in [9.17, 15) is 9.59 Å². The van der Waals surface area contributed by atoms with Crippen molar-refractivity contribution < 1.29 is 5.11 Å². The van der Waals surface area contributed by atoms with Crippen LogP contribution in [0.4, 0.5) is 5.82 Å². The van der Waals surface area contributed by atoms with E-state index in [0.29, 0.717) is 6.54 Å². The summed E-state index contributed by atoms with van der Waals surface area (Å²) >= 11 is 0. The Morgan fingerprint density at radius 2 is 2.12 bits per heavy atom. The molecular formula is C10H16N4O3. The van der Waals surface area contributed by atoms with Crippen LogP contribution in [0.15, 0.2) is 22.2 Å². The lowest BCUT2D eigenvalue weighted by atomic mass is 10.4. The Labute approximate surface area is 98.2 Å². The predicted molar refractivity (Wildman–Crippen MR) is 64.2 cm³/mol. The Balaban J connectivity index is 3.33. The zero-order valence-electron chi connectivity index (χ0n) is 9.96. The van der Waals surface area contributed by atoms with Crippen molar-refractivity contribution in [1.29, 1.82) is 0 Å². The van der Waals surface area contributed by atoms with Crippen LogP contribution in [0.1, 0.15) is 0 Å². The first-order valence-corrected chi connectivity index (χ1v) is 5.14. The van der Waals surface area contributed by atoms with Crippen molar-refractivity contribution in [3.8, 4) is 0 Å². The zero-order valence-corrected chi connectivity index (χ0v) is 9.96. The zero-order chi connectivity index (χ0) is 13.0. The van der Waals surface area contributed by atoms with Gasteiger partial charge in [-0.2, -0.15) is 0 Å². The number of anilines is 1. The molecule has 0 aromatic carbocycles. The van der Waals surface area contributed by atoms with Crippen LogP contribution in [0.25, 0.3) is 0 Å². The summed E-state index contributed by atoms with van der Waals surface area (Å²) in [6.07, 6.45) is 1.60. The standard InChI is InChI=1S/C10H16N4O3/c1-4-5-14(6-7-15)8-9(16)12(2)10(17)13(3)11-8/h4,15H,1,5-7H2,2-3H3. The minimum Gasteiger partial charge on any atom is -0.395 e. The minimum atomic E-state index is -0.485. The molecule has 0 spiro atoms. The van der Waals surface area contributed by atoms with Gasteiger partial charge in [0, 0.05) is 27.2 Å². The molecule has 7 heteroatoms. The Hall–Kier alpha value is -1.89. The maximum atomic E-state index is 11.9. The van der Waals surface area contributed by atoms with Crippen molar-refractivity contribution in [1.82, 2.24) is 14.3 Å². The maximum absolute atomic E-state index is 11.9. The molecule has 0 amide bonds. The van der Waals surface area contributed by atoms with Crippen LogP contribution in [-0.4, -0.2) is 39.2 Å². The fraction of sp³-hybridized carbons (Fsp3) is 0.500. The summed E-state index contributed by atoms with van der Waals surface area (Å²) in [6, 6.07) is 0. The first kappa shape index (κ1) is 13.2. The fourth-order valence-corrected chi connectivity index (χ4v) is 1.44. The molecule has 94 valence electrons. The van der Waals surface area contributed by atoms with Crippen LogP contribution in [-0.2, 0) is 14.1 Å². The molecular weight excluding hydrogens is 224 g/mol. The highest BCUT2D eigenvalue weighted by Crippen LogP contribution is 2.00. The molecule has 1 rings (SSSR count). The highest BCUT2D eigenvalue weighted by atomic mass is 16.3. The van der Waals surface area contributed by atoms with Gasteiger partial charge in [-0.15, -0.1) is 11.7 Å². The van der Waals surface area contributed by atoms with Gasteiger partial charge in [-0.25, -0.2) is 9.48 Å². The fourth-order valence-electron chi connectivity index (χ4n) is 1.44. The van der Waals surface area contributed by atoms with Crippen molar-refractivity contribution in [2.75, 3.05) is 24.6 Å². The van der Waals surface area contributed by atoms with Crippen LogP contribution in [0, 0.1) is 0 Å². The summed E-state index contributed by atoms with van der Waals surface area (Å²) < 4.78 is 2.07. The Morgan fingerprint density at radius 1 is 1.47 bits per heavy atom. The highest BCUT2D eigenvalue weighted by Gasteiger charge is 2.14. The molecule has 17 heavy (non-hydrogen) atoms. The molecule has 0 radical (unpaired) electrons. The molecule has 1 N–H and O–H groups in total. The number of aromatic nitrogens is 3. The van der Waals surface area contributed by atoms with E-state index in [0.717, 1.165) is 9.25 Å². The van der Waals surface area contributed by atoms with Gasteiger partial charge in [0.15, 0.2) is 0 Å². The number of rotatable bonds is 5. The molecule has 1 heterocycles. The van der Waals surface area contributed by atoms with Gasteiger partial charge in [-0.3, -0.25) is 9.36 Å². The van der Waals surface area contributed by atoms with Crippen LogP contribution in [0.2, 0.25) is 0 Å². The third-order valence-corrected chi connectivity index (χ3v) is 2.32. The average Bonchev–Trinajstić information content (AvgIpc) is 2.31. The molecule has 0 bridgehead atoms. The summed E-state index contributed by atoms with van der Waals surface area (Å²) in [6.45, 7) is 4.09. The molecule has 1 aromatic heterocycles. The van der Waals surface area contributed by atoms with Gasteiger partial charge in [0.2, 0.25) is 5.82 Å². The lowest BCUT2D eigenvalue weighted by Gasteiger charge is -2.20. The van der Waals surface area contributed by atoms with E-state index in [2.05, 4.69) is 11.7 Å². The lowest BCUT2D eigenvalue weighted by molar-refractivity contribution is 0.302. The smallest absolute Gasteiger partial charge is 0.346 e. The first-order valence-electron chi connectivity index (χ1n) is 5.14. The Bertz CT molecular complexity index is 517. The van der Waals surface area contributed by atoms with E-state index in [4.69, 9.17) is 5.11 Å². The number of aliphatic hydroxyl groups is 1. The SMILES string of the molecule is C=CCN(CCO)c1nn(C)c(=O)n(C)c1=O. The monoisotopic (exact) mass is 240 g/mol. The summed E-state index contributed by atoms with van der Waals surface area (Å²) in [7, 11) is 2.86. The summed E-state index contributed by atoms with van der Waals surface area (Å²) in [5.41, 5.74) is -0.968. The van der Waals surface area contributed by atoms with Crippen LogP contribution < -0.4 is 16.1 Å². The van der Waals surface area contributed by atoms with Gasteiger partial charge in [-0.05, 0) is 0 Å². The number of aryl methyl sites for hydroxylation is 1. The molecule has 0 aliphatic carbocycles. The van der Waals surface area contributed by atoms with Gasteiger partial charge in [0.05, 0.1) is 6.61 Å². The normalized spacial score (nSPS) is 10.3.